The molecule has 0 saturated carbocycles. The van der Waals surface area contributed by atoms with Gasteiger partial charge in [0.05, 0.1) is 28.8 Å². The maximum absolute atomic E-state index is 13.3. The Bertz CT molecular complexity index is 1440. The Balaban J connectivity index is 1.50. The molecule has 0 spiro atoms. The Morgan fingerprint density at radius 2 is 1.65 bits per heavy atom. The van der Waals surface area contributed by atoms with E-state index >= 15 is 0 Å². The van der Waals surface area contributed by atoms with E-state index in [4.69, 9.17) is 9.15 Å². The standard InChI is InChI=1S/C23H16F3N3O4S/c24-23(25,26)17-6-8-18(9-7-17)34(30,31)29-10-11-32-22-19(29)12-16(13-27-22)21-28-14-20(33-21)15-4-2-1-3-5-15/h1-9,12-14H,10-11H2. The highest BCUT2D eigenvalue weighted by Crippen LogP contribution is 2.38. The van der Waals surface area contributed by atoms with E-state index < -0.39 is 21.8 Å². The van der Waals surface area contributed by atoms with E-state index in [2.05, 4.69) is 9.97 Å². The van der Waals surface area contributed by atoms with Crippen LogP contribution in [0.5, 0.6) is 5.88 Å². The van der Waals surface area contributed by atoms with Crippen LogP contribution in [0.15, 0.2) is 82.4 Å². The number of aromatic nitrogens is 2. The van der Waals surface area contributed by atoms with Crippen LogP contribution in [0.2, 0.25) is 0 Å². The molecule has 0 aliphatic carbocycles. The first-order valence-corrected chi connectivity index (χ1v) is 11.5. The fourth-order valence-corrected chi connectivity index (χ4v) is 4.97. The number of anilines is 1. The van der Waals surface area contributed by atoms with Gasteiger partial charge < -0.3 is 9.15 Å². The molecule has 0 bridgehead atoms. The van der Waals surface area contributed by atoms with Crippen LogP contribution >= 0.6 is 0 Å². The number of fused-ring (bicyclic) bond motifs is 1. The lowest BCUT2D eigenvalue weighted by Gasteiger charge is -2.29. The van der Waals surface area contributed by atoms with Crippen molar-refractivity contribution >= 4 is 15.7 Å². The van der Waals surface area contributed by atoms with Crippen LogP contribution in [-0.4, -0.2) is 31.5 Å². The van der Waals surface area contributed by atoms with Gasteiger partial charge in [0.15, 0.2) is 5.76 Å². The van der Waals surface area contributed by atoms with E-state index in [-0.39, 0.29) is 35.5 Å². The quantitative estimate of drug-likeness (QED) is 0.402. The molecule has 5 rings (SSSR count). The number of oxazole rings is 1. The minimum absolute atomic E-state index is 0.0381. The number of ether oxygens (including phenoxy) is 1. The largest absolute Gasteiger partial charge is 0.474 e. The van der Waals surface area contributed by atoms with E-state index in [1.807, 2.05) is 30.3 Å². The molecule has 3 heterocycles. The Hall–Kier alpha value is -3.86. The number of hydrogen-bond donors (Lipinski definition) is 0. The van der Waals surface area contributed by atoms with Gasteiger partial charge in [-0.1, -0.05) is 30.3 Å². The predicted octanol–water partition coefficient (Wildman–Crippen LogP) is 5.01. The summed E-state index contributed by atoms with van der Waals surface area (Å²) in [5.41, 5.74) is 0.445. The molecule has 0 fully saturated rings. The number of hydrogen-bond acceptors (Lipinski definition) is 6. The highest BCUT2D eigenvalue weighted by molar-refractivity contribution is 7.92. The van der Waals surface area contributed by atoms with E-state index in [0.717, 1.165) is 34.1 Å². The second-order valence-electron chi connectivity index (χ2n) is 7.39. The Kier molecular flexibility index (Phi) is 5.28. The van der Waals surface area contributed by atoms with Gasteiger partial charge in [0.2, 0.25) is 11.8 Å². The molecule has 7 nitrogen and oxygen atoms in total. The number of sulfonamides is 1. The third kappa shape index (κ3) is 3.98. The summed E-state index contributed by atoms with van der Waals surface area (Å²) in [6, 6.07) is 14.2. The Labute approximate surface area is 192 Å². The van der Waals surface area contributed by atoms with Crippen LogP contribution in [-0.2, 0) is 16.2 Å². The van der Waals surface area contributed by atoms with Crippen LogP contribution in [0, 0.1) is 0 Å². The van der Waals surface area contributed by atoms with Crippen molar-refractivity contribution in [3.05, 3.63) is 78.6 Å². The van der Waals surface area contributed by atoms with Gasteiger partial charge in [0.1, 0.15) is 12.3 Å². The van der Waals surface area contributed by atoms with Crippen molar-refractivity contribution in [2.75, 3.05) is 17.5 Å². The van der Waals surface area contributed by atoms with Crippen molar-refractivity contribution in [1.82, 2.24) is 9.97 Å². The number of rotatable bonds is 4. The molecule has 11 heteroatoms. The van der Waals surface area contributed by atoms with Crippen LogP contribution in [0.1, 0.15) is 5.56 Å². The van der Waals surface area contributed by atoms with Crippen molar-refractivity contribution in [1.29, 1.82) is 0 Å². The summed E-state index contributed by atoms with van der Waals surface area (Å²) in [4.78, 5) is 8.20. The zero-order valence-electron chi connectivity index (χ0n) is 17.4. The number of halogens is 3. The highest BCUT2D eigenvalue weighted by Gasteiger charge is 2.34. The Morgan fingerprint density at radius 3 is 2.35 bits per heavy atom. The molecule has 0 atom stereocenters. The molecule has 174 valence electrons. The molecule has 2 aromatic carbocycles. The van der Waals surface area contributed by atoms with Gasteiger partial charge in [-0.15, -0.1) is 0 Å². The smallest absolute Gasteiger partial charge is 0.416 e. The zero-order chi connectivity index (χ0) is 23.9. The first kappa shape index (κ1) is 22.0. The van der Waals surface area contributed by atoms with Crippen LogP contribution < -0.4 is 9.04 Å². The molecule has 4 aromatic rings. The molecule has 1 aliphatic rings. The van der Waals surface area contributed by atoms with E-state index in [0.29, 0.717) is 11.3 Å². The number of alkyl halides is 3. The van der Waals surface area contributed by atoms with Gasteiger partial charge in [0, 0.05) is 11.8 Å². The minimum atomic E-state index is -4.57. The third-order valence-electron chi connectivity index (χ3n) is 5.21. The lowest BCUT2D eigenvalue weighted by molar-refractivity contribution is -0.137. The molecular weight excluding hydrogens is 471 g/mol. The SMILES string of the molecule is O=S(=O)(c1ccc(C(F)(F)F)cc1)N1CCOc2ncc(-c3ncc(-c4ccccc4)o3)cc21. The summed E-state index contributed by atoms with van der Waals surface area (Å²) in [5, 5.41) is 0. The topological polar surface area (TPSA) is 85.5 Å². The average molecular weight is 487 g/mol. The maximum Gasteiger partial charge on any atom is 0.416 e. The fourth-order valence-electron chi connectivity index (χ4n) is 3.53. The summed E-state index contributed by atoms with van der Waals surface area (Å²) in [7, 11) is -4.18. The summed E-state index contributed by atoms with van der Waals surface area (Å²) in [5.74, 6) is 0.839. The molecule has 0 N–H and O–H groups in total. The molecule has 2 aromatic heterocycles. The lowest BCUT2D eigenvalue weighted by atomic mass is 10.2. The maximum atomic E-state index is 13.3. The zero-order valence-corrected chi connectivity index (χ0v) is 18.2. The molecule has 0 unspecified atom stereocenters. The summed E-state index contributed by atoms with van der Waals surface area (Å²) >= 11 is 0. The third-order valence-corrected chi connectivity index (χ3v) is 7.04. The number of benzene rings is 2. The van der Waals surface area contributed by atoms with Crippen LogP contribution in [0.3, 0.4) is 0 Å². The van der Waals surface area contributed by atoms with Gasteiger partial charge in [-0.05, 0) is 30.3 Å². The summed E-state index contributed by atoms with van der Waals surface area (Å²) in [6.07, 6.45) is -1.56. The van der Waals surface area contributed by atoms with Crippen molar-refractivity contribution in [2.45, 2.75) is 11.1 Å². The molecular formula is C23H16F3N3O4S. The molecule has 0 amide bonds. The monoisotopic (exact) mass is 487 g/mol. The second kappa shape index (κ2) is 8.17. The molecule has 0 saturated heterocycles. The molecule has 1 aliphatic heterocycles. The minimum Gasteiger partial charge on any atom is -0.474 e. The van der Waals surface area contributed by atoms with Crippen molar-refractivity contribution in [3.8, 4) is 28.7 Å². The van der Waals surface area contributed by atoms with Crippen LogP contribution in [0.4, 0.5) is 18.9 Å². The van der Waals surface area contributed by atoms with E-state index in [9.17, 15) is 21.6 Å². The van der Waals surface area contributed by atoms with Gasteiger partial charge in [0.25, 0.3) is 10.0 Å². The van der Waals surface area contributed by atoms with Crippen molar-refractivity contribution in [2.24, 2.45) is 0 Å². The lowest BCUT2D eigenvalue weighted by Crippen LogP contribution is -2.38. The summed E-state index contributed by atoms with van der Waals surface area (Å²) < 4.78 is 77.6. The fraction of sp³-hybridized carbons (Fsp3) is 0.130. The molecule has 0 radical (unpaired) electrons. The van der Waals surface area contributed by atoms with Crippen LogP contribution in [0.25, 0.3) is 22.8 Å². The Morgan fingerprint density at radius 1 is 0.912 bits per heavy atom. The first-order chi connectivity index (χ1) is 16.2. The predicted molar refractivity (Wildman–Crippen MR) is 117 cm³/mol. The van der Waals surface area contributed by atoms with Gasteiger partial charge in [-0.2, -0.15) is 13.2 Å². The highest BCUT2D eigenvalue weighted by atomic mass is 32.2. The number of nitrogens with zero attached hydrogens (tertiary/aromatic N) is 3. The van der Waals surface area contributed by atoms with E-state index in [1.165, 1.54) is 12.3 Å². The van der Waals surface area contributed by atoms with Crippen molar-refractivity contribution < 1.29 is 30.7 Å². The second-order valence-corrected chi connectivity index (χ2v) is 9.25. The van der Waals surface area contributed by atoms with E-state index in [1.54, 1.807) is 6.20 Å². The summed E-state index contributed by atoms with van der Waals surface area (Å²) in [6.45, 7) is -0.00128. The van der Waals surface area contributed by atoms with Crippen molar-refractivity contribution in [3.63, 3.8) is 0 Å². The molecule has 34 heavy (non-hydrogen) atoms. The average Bonchev–Trinajstić information content (AvgIpc) is 3.34. The first-order valence-electron chi connectivity index (χ1n) is 10.1. The normalized spacial score (nSPS) is 13.9. The van der Waals surface area contributed by atoms with Gasteiger partial charge >= 0.3 is 6.18 Å². The van der Waals surface area contributed by atoms with Gasteiger partial charge in [-0.3, -0.25) is 4.31 Å². The van der Waals surface area contributed by atoms with Gasteiger partial charge in [-0.25, -0.2) is 18.4 Å². The number of pyridine rings is 1.